The van der Waals surface area contributed by atoms with Crippen LogP contribution in [0.2, 0.25) is 0 Å². The first-order valence-electron chi connectivity index (χ1n) is 8.36. The molecule has 1 atom stereocenters. The van der Waals surface area contributed by atoms with Crippen molar-refractivity contribution in [3.05, 3.63) is 53.3 Å². The van der Waals surface area contributed by atoms with Gasteiger partial charge in [0.25, 0.3) is 0 Å². The van der Waals surface area contributed by atoms with Crippen molar-refractivity contribution in [1.29, 1.82) is 0 Å². The highest BCUT2D eigenvalue weighted by Crippen LogP contribution is 2.35. The van der Waals surface area contributed by atoms with E-state index in [1.807, 2.05) is 36.4 Å². The molecular weight excluding hydrogens is 316 g/mol. The minimum Gasteiger partial charge on any atom is -0.324 e. The molecule has 124 valence electrons. The predicted octanol–water partition coefficient (Wildman–Crippen LogP) is 5.42. The van der Waals surface area contributed by atoms with Crippen LogP contribution in [0, 0.1) is 0 Å². The fourth-order valence-corrected chi connectivity index (χ4v) is 3.53. The first kappa shape index (κ1) is 16.6. The van der Waals surface area contributed by atoms with Gasteiger partial charge in [-0.1, -0.05) is 39.0 Å². The van der Waals surface area contributed by atoms with Gasteiger partial charge < -0.3 is 5.32 Å². The number of nitrogens with one attached hydrogen (secondary N) is 1. The minimum absolute atomic E-state index is 0.428. The lowest BCUT2D eigenvalue weighted by molar-refractivity contribution is 0.711. The van der Waals surface area contributed by atoms with Gasteiger partial charge in [0.2, 0.25) is 5.95 Å². The van der Waals surface area contributed by atoms with Crippen LogP contribution in [-0.4, -0.2) is 15.0 Å². The molecular formula is C19H22N4S. The normalized spacial score (nSPS) is 12.1. The lowest BCUT2D eigenvalue weighted by Gasteiger charge is -2.09. The smallest absolute Gasteiger partial charge is 0.227 e. The summed E-state index contributed by atoms with van der Waals surface area (Å²) < 4.78 is 0. The number of para-hydroxylation sites is 1. The summed E-state index contributed by atoms with van der Waals surface area (Å²) in [5, 5.41) is 4.42. The molecule has 24 heavy (non-hydrogen) atoms. The predicted molar refractivity (Wildman–Crippen MR) is 101 cm³/mol. The van der Waals surface area contributed by atoms with Crippen molar-refractivity contribution in [1.82, 2.24) is 15.0 Å². The van der Waals surface area contributed by atoms with Crippen molar-refractivity contribution in [2.75, 3.05) is 5.32 Å². The highest BCUT2D eigenvalue weighted by molar-refractivity contribution is 7.15. The molecule has 0 radical (unpaired) electrons. The van der Waals surface area contributed by atoms with Crippen LogP contribution in [0.4, 0.5) is 11.6 Å². The van der Waals surface area contributed by atoms with Gasteiger partial charge in [-0.2, -0.15) is 0 Å². The fraction of sp³-hybridized carbons (Fsp3) is 0.316. The molecule has 3 aromatic rings. The zero-order valence-electron chi connectivity index (χ0n) is 14.3. The minimum atomic E-state index is 0.428. The van der Waals surface area contributed by atoms with Crippen LogP contribution in [0.5, 0.6) is 0 Å². The number of aryl methyl sites for hydroxylation is 1. The summed E-state index contributed by atoms with van der Waals surface area (Å²) in [5.74, 6) is 1.04. The molecule has 1 unspecified atom stereocenters. The second kappa shape index (κ2) is 7.53. The van der Waals surface area contributed by atoms with Gasteiger partial charge in [-0.25, -0.2) is 15.0 Å². The second-order valence-corrected chi connectivity index (χ2v) is 6.82. The summed E-state index contributed by atoms with van der Waals surface area (Å²) >= 11 is 1.74. The van der Waals surface area contributed by atoms with E-state index in [9.17, 15) is 0 Å². The molecule has 3 rings (SSSR count). The van der Waals surface area contributed by atoms with Crippen LogP contribution in [-0.2, 0) is 6.42 Å². The Morgan fingerprint density at radius 3 is 2.58 bits per heavy atom. The van der Waals surface area contributed by atoms with E-state index in [1.165, 1.54) is 4.88 Å². The summed E-state index contributed by atoms with van der Waals surface area (Å²) in [6, 6.07) is 11.9. The Morgan fingerprint density at radius 2 is 1.88 bits per heavy atom. The highest BCUT2D eigenvalue weighted by Gasteiger charge is 2.18. The Balaban J connectivity index is 1.95. The maximum atomic E-state index is 4.83. The standard InChI is InChI=1S/C19H22N4S/c1-4-13(3)17-18(24-16(5-2)23-17)15-11-12-20-19(22-15)21-14-9-7-6-8-10-14/h6-13H,4-5H2,1-3H3,(H,20,21,22). The topological polar surface area (TPSA) is 50.7 Å². The lowest BCUT2D eigenvalue weighted by Crippen LogP contribution is -1.99. The van der Waals surface area contributed by atoms with Crippen molar-refractivity contribution in [2.45, 2.75) is 39.5 Å². The molecule has 1 aromatic carbocycles. The molecule has 0 saturated carbocycles. The van der Waals surface area contributed by atoms with Gasteiger partial charge >= 0.3 is 0 Å². The summed E-state index contributed by atoms with van der Waals surface area (Å²) in [6.07, 6.45) is 3.83. The Bertz CT molecular complexity index is 798. The van der Waals surface area contributed by atoms with E-state index in [1.54, 1.807) is 17.5 Å². The third-order valence-electron chi connectivity index (χ3n) is 4.00. The number of nitrogens with zero attached hydrogens (tertiary/aromatic N) is 3. The molecule has 5 heteroatoms. The molecule has 0 aliphatic rings. The summed E-state index contributed by atoms with van der Waals surface area (Å²) in [5.41, 5.74) is 3.08. The molecule has 0 amide bonds. The van der Waals surface area contributed by atoms with E-state index in [0.717, 1.165) is 34.9 Å². The number of anilines is 2. The molecule has 1 N–H and O–H groups in total. The van der Waals surface area contributed by atoms with Crippen molar-refractivity contribution in [3.63, 3.8) is 0 Å². The average molecular weight is 338 g/mol. The van der Waals surface area contributed by atoms with Gasteiger partial charge in [0.1, 0.15) is 0 Å². The number of benzene rings is 1. The van der Waals surface area contributed by atoms with Crippen LogP contribution in [0.3, 0.4) is 0 Å². The monoisotopic (exact) mass is 338 g/mol. The number of hydrogen-bond donors (Lipinski definition) is 1. The van der Waals surface area contributed by atoms with Crippen LogP contribution in [0.1, 0.15) is 43.8 Å². The Labute approximate surface area is 147 Å². The quantitative estimate of drug-likeness (QED) is 0.652. The van der Waals surface area contributed by atoms with E-state index in [-0.39, 0.29) is 0 Å². The van der Waals surface area contributed by atoms with Crippen molar-refractivity contribution >= 4 is 23.0 Å². The van der Waals surface area contributed by atoms with E-state index < -0.39 is 0 Å². The van der Waals surface area contributed by atoms with Crippen molar-refractivity contribution < 1.29 is 0 Å². The van der Waals surface area contributed by atoms with Gasteiger partial charge in [0, 0.05) is 11.9 Å². The van der Waals surface area contributed by atoms with E-state index in [2.05, 4.69) is 31.1 Å². The fourth-order valence-electron chi connectivity index (χ4n) is 2.44. The number of rotatable bonds is 6. The van der Waals surface area contributed by atoms with Crippen LogP contribution < -0.4 is 5.32 Å². The summed E-state index contributed by atoms with van der Waals surface area (Å²) in [7, 11) is 0. The molecule has 0 aliphatic carbocycles. The van der Waals surface area contributed by atoms with Crippen LogP contribution >= 0.6 is 11.3 Å². The molecule has 4 nitrogen and oxygen atoms in total. The summed E-state index contributed by atoms with van der Waals surface area (Å²) in [4.78, 5) is 15.0. The van der Waals surface area contributed by atoms with Gasteiger partial charge in [0.15, 0.2) is 0 Å². The number of thiazole rings is 1. The SMILES string of the molecule is CCc1nc(C(C)CC)c(-c2ccnc(Nc3ccccc3)n2)s1. The van der Waals surface area contributed by atoms with E-state index in [4.69, 9.17) is 9.97 Å². The third-order valence-corrected chi connectivity index (χ3v) is 5.24. The van der Waals surface area contributed by atoms with Crippen molar-refractivity contribution in [2.24, 2.45) is 0 Å². The Hall–Kier alpha value is -2.27. The molecule has 0 saturated heterocycles. The number of hydrogen-bond acceptors (Lipinski definition) is 5. The first-order chi connectivity index (χ1) is 11.7. The Morgan fingerprint density at radius 1 is 1.08 bits per heavy atom. The second-order valence-electron chi connectivity index (χ2n) is 5.74. The average Bonchev–Trinajstić information content (AvgIpc) is 3.07. The van der Waals surface area contributed by atoms with Crippen LogP contribution in [0.15, 0.2) is 42.6 Å². The zero-order chi connectivity index (χ0) is 16.9. The highest BCUT2D eigenvalue weighted by atomic mass is 32.1. The zero-order valence-corrected chi connectivity index (χ0v) is 15.1. The molecule has 0 fully saturated rings. The maximum Gasteiger partial charge on any atom is 0.227 e. The Kier molecular flexibility index (Phi) is 5.20. The van der Waals surface area contributed by atoms with Gasteiger partial charge in [-0.15, -0.1) is 11.3 Å². The lowest BCUT2D eigenvalue weighted by atomic mass is 10.0. The third kappa shape index (κ3) is 3.62. The van der Waals surface area contributed by atoms with Gasteiger partial charge in [0.05, 0.1) is 21.3 Å². The first-order valence-corrected chi connectivity index (χ1v) is 9.18. The molecule has 0 aliphatic heterocycles. The van der Waals surface area contributed by atoms with Gasteiger partial charge in [-0.05, 0) is 37.0 Å². The maximum absolute atomic E-state index is 4.83. The molecule has 2 aromatic heterocycles. The van der Waals surface area contributed by atoms with E-state index >= 15 is 0 Å². The van der Waals surface area contributed by atoms with Gasteiger partial charge in [-0.3, -0.25) is 0 Å². The van der Waals surface area contributed by atoms with Crippen molar-refractivity contribution in [3.8, 4) is 10.6 Å². The van der Waals surface area contributed by atoms with E-state index in [0.29, 0.717) is 11.9 Å². The van der Waals surface area contributed by atoms with Crippen LogP contribution in [0.25, 0.3) is 10.6 Å². The largest absolute Gasteiger partial charge is 0.324 e. The number of aromatic nitrogens is 3. The molecule has 0 bridgehead atoms. The molecule has 2 heterocycles. The summed E-state index contributed by atoms with van der Waals surface area (Å²) in [6.45, 7) is 6.56. The molecule has 0 spiro atoms.